The molecular weight excluding hydrogens is 312 g/mol. The minimum absolute atomic E-state index is 0.0675. The molecule has 0 saturated heterocycles. The standard InChI is InChI=1S/C13H13ClN4O2S/c14-11-4-3-10(9-15)12(8-11)21(19,20)18-5-1-2-13-16-6-7-17-13/h3-4,6-8,18H,1-2,5H2,(H,16,17). The van der Waals surface area contributed by atoms with Gasteiger partial charge in [-0.05, 0) is 24.6 Å². The molecule has 110 valence electrons. The number of nitrogens with zero attached hydrogens (tertiary/aromatic N) is 2. The number of benzene rings is 1. The number of nitrogens with one attached hydrogen (secondary N) is 2. The van der Waals surface area contributed by atoms with Crippen molar-refractivity contribution in [3.63, 3.8) is 0 Å². The monoisotopic (exact) mass is 324 g/mol. The highest BCUT2D eigenvalue weighted by Crippen LogP contribution is 2.20. The lowest BCUT2D eigenvalue weighted by Gasteiger charge is -2.08. The van der Waals surface area contributed by atoms with Gasteiger partial charge in [0.25, 0.3) is 0 Å². The number of imidazole rings is 1. The molecule has 2 rings (SSSR count). The number of nitriles is 1. The van der Waals surface area contributed by atoms with E-state index in [9.17, 15) is 8.42 Å². The highest BCUT2D eigenvalue weighted by molar-refractivity contribution is 7.89. The summed E-state index contributed by atoms with van der Waals surface area (Å²) in [5, 5.41) is 9.24. The number of aryl methyl sites for hydroxylation is 1. The molecule has 0 saturated carbocycles. The Morgan fingerprint density at radius 1 is 1.43 bits per heavy atom. The zero-order chi connectivity index (χ0) is 15.3. The average Bonchev–Trinajstić information content (AvgIpc) is 2.97. The van der Waals surface area contributed by atoms with Crippen molar-refractivity contribution < 1.29 is 8.42 Å². The fourth-order valence-corrected chi connectivity index (χ4v) is 3.28. The molecule has 0 aliphatic carbocycles. The zero-order valence-corrected chi connectivity index (χ0v) is 12.6. The molecule has 0 spiro atoms. The lowest BCUT2D eigenvalue weighted by Crippen LogP contribution is -2.26. The molecule has 21 heavy (non-hydrogen) atoms. The van der Waals surface area contributed by atoms with Gasteiger partial charge in [-0.25, -0.2) is 18.1 Å². The fourth-order valence-electron chi connectivity index (χ4n) is 1.79. The summed E-state index contributed by atoms with van der Waals surface area (Å²) in [6.07, 6.45) is 4.58. The maximum atomic E-state index is 12.2. The van der Waals surface area contributed by atoms with E-state index in [2.05, 4.69) is 14.7 Å². The van der Waals surface area contributed by atoms with Crippen molar-refractivity contribution in [3.05, 3.63) is 47.0 Å². The molecule has 0 fully saturated rings. The maximum Gasteiger partial charge on any atom is 0.241 e. The first-order chi connectivity index (χ1) is 10.0. The van der Waals surface area contributed by atoms with Gasteiger partial charge in [0.05, 0.1) is 5.56 Å². The third-order valence-corrected chi connectivity index (χ3v) is 4.53. The molecule has 0 bridgehead atoms. The topological polar surface area (TPSA) is 98.6 Å². The first-order valence-electron chi connectivity index (χ1n) is 6.20. The highest BCUT2D eigenvalue weighted by atomic mass is 35.5. The van der Waals surface area contributed by atoms with Gasteiger partial charge in [0.15, 0.2) is 0 Å². The molecule has 1 heterocycles. The van der Waals surface area contributed by atoms with Gasteiger partial charge in [-0.2, -0.15) is 5.26 Å². The summed E-state index contributed by atoms with van der Waals surface area (Å²) in [5.41, 5.74) is 0.0675. The molecule has 0 aliphatic heterocycles. The van der Waals surface area contributed by atoms with E-state index in [1.165, 1.54) is 18.2 Å². The molecule has 0 atom stereocenters. The maximum absolute atomic E-state index is 12.2. The second kappa shape index (κ2) is 6.72. The van der Waals surface area contributed by atoms with Crippen LogP contribution >= 0.6 is 11.6 Å². The Hall–Kier alpha value is -1.88. The molecule has 0 aliphatic rings. The van der Waals surface area contributed by atoms with Gasteiger partial charge in [-0.3, -0.25) is 0 Å². The van der Waals surface area contributed by atoms with Gasteiger partial charge in [-0.1, -0.05) is 11.6 Å². The van der Waals surface area contributed by atoms with Crippen LogP contribution in [-0.2, 0) is 16.4 Å². The van der Waals surface area contributed by atoms with E-state index < -0.39 is 10.0 Å². The number of rotatable bonds is 6. The number of aromatic nitrogens is 2. The second-order valence-corrected chi connectivity index (χ2v) is 6.46. The molecule has 2 N–H and O–H groups in total. The fraction of sp³-hybridized carbons (Fsp3) is 0.231. The van der Waals surface area contributed by atoms with Crippen LogP contribution in [0.2, 0.25) is 5.02 Å². The molecule has 0 amide bonds. The molecule has 1 aromatic heterocycles. The summed E-state index contributed by atoms with van der Waals surface area (Å²) in [6, 6.07) is 5.99. The van der Waals surface area contributed by atoms with E-state index >= 15 is 0 Å². The Morgan fingerprint density at radius 3 is 2.90 bits per heavy atom. The number of H-pyrrole nitrogens is 1. The van der Waals surface area contributed by atoms with E-state index in [4.69, 9.17) is 16.9 Å². The Bertz CT molecular complexity index is 751. The van der Waals surface area contributed by atoms with E-state index in [0.29, 0.717) is 12.8 Å². The molecule has 0 unspecified atom stereocenters. The van der Waals surface area contributed by atoms with Crippen LogP contribution in [-0.4, -0.2) is 24.9 Å². The molecule has 1 aromatic carbocycles. The molecule has 2 aromatic rings. The number of aromatic amines is 1. The van der Waals surface area contributed by atoms with Gasteiger partial charge in [0.1, 0.15) is 16.8 Å². The van der Waals surface area contributed by atoms with Crippen LogP contribution in [0.4, 0.5) is 0 Å². The van der Waals surface area contributed by atoms with Gasteiger partial charge < -0.3 is 4.98 Å². The van der Waals surface area contributed by atoms with Crippen LogP contribution in [0, 0.1) is 11.3 Å². The first-order valence-corrected chi connectivity index (χ1v) is 8.06. The van der Waals surface area contributed by atoms with Crippen LogP contribution in [0.3, 0.4) is 0 Å². The summed E-state index contributed by atoms with van der Waals surface area (Å²) < 4.78 is 26.8. The van der Waals surface area contributed by atoms with Gasteiger partial charge >= 0.3 is 0 Å². The average molecular weight is 325 g/mol. The van der Waals surface area contributed by atoms with Gasteiger partial charge in [0.2, 0.25) is 10.0 Å². The van der Waals surface area contributed by atoms with Crippen molar-refractivity contribution in [2.75, 3.05) is 6.54 Å². The Labute approximate surface area is 127 Å². The summed E-state index contributed by atoms with van der Waals surface area (Å²) in [7, 11) is -3.75. The van der Waals surface area contributed by atoms with E-state index in [-0.39, 0.29) is 22.0 Å². The Morgan fingerprint density at radius 2 is 2.24 bits per heavy atom. The Kier molecular flexibility index (Phi) is 4.96. The van der Waals surface area contributed by atoms with Crippen molar-refractivity contribution >= 4 is 21.6 Å². The van der Waals surface area contributed by atoms with Crippen molar-refractivity contribution in [1.82, 2.24) is 14.7 Å². The normalized spacial score (nSPS) is 11.2. The SMILES string of the molecule is N#Cc1ccc(Cl)cc1S(=O)(=O)NCCCc1ncc[nH]1. The van der Waals surface area contributed by atoms with Crippen LogP contribution in [0.5, 0.6) is 0 Å². The van der Waals surface area contributed by atoms with Crippen LogP contribution < -0.4 is 4.72 Å². The minimum Gasteiger partial charge on any atom is -0.349 e. The molecule has 0 radical (unpaired) electrons. The summed E-state index contributed by atoms with van der Waals surface area (Å²) >= 11 is 5.79. The Balaban J connectivity index is 2.02. The summed E-state index contributed by atoms with van der Waals surface area (Å²) in [6.45, 7) is 0.250. The number of hydrogen-bond donors (Lipinski definition) is 2. The lowest BCUT2D eigenvalue weighted by atomic mass is 10.2. The number of sulfonamides is 1. The van der Waals surface area contributed by atoms with E-state index in [1.54, 1.807) is 12.4 Å². The van der Waals surface area contributed by atoms with Crippen molar-refractivity contribution in [3.8, 4) is 6.07 Å². The predicted molar refractivity (Wildman–Crippen MR) is 78.3 cm³/mol. The number of hydrogen-bond acceptors (Lipinski definition) is 4. The van der Waals surface area contributed by atoms with Crippen LogP contribution in [0.1, 0.15) is 17.8 Å². The zero-order valence-electron chi connectivity index (χ0n) is 11.0. The molecule has 8 heteroatoms. The van der Waals surface area contributed by atoms with Crippen molar-refractivity contribution in [2.24, 2.45) is 0 Å². The smallest absolute Gasteiger partial charge is 0.241 e. The largest absolute Gasteiger partial charge is 0.349 e. The van der Waals surface area contributed by atoms with Crippen LogP contribution in [0.15, 0.2) is 35.5 Å². The lowest BCUT2D eigenvalue weighted by molar-refractivity contribution is 0.578. The minimum atomic E-state index is -3.75. The third kappa shape index (κ3) is 4.04. The highest BCUT2D eigenvalue weighted by Gasteiger charge is 2.18. The van der Waals surface area contributed by atoms with Crippen LogP contribution in [0.25, 0.3) is 0 Å². The van der Waals surface area contributed by atoms with E-state index in [0.717, 1.165) is 5.82 Å². The third-order valence-electron chi connectivity index (χ3n) is 2.79. The quantitative estimate of drug-likeness (QED) is 0.792. The predicted octanol–water partition coefficient (Wildman–Crippen LogP) is 1.85. The van der Waals surface area contributed by atoms with Gasteiger partial charge in [0, 0.05) is 30.4 Å². The van der Waals surface area contributed by atoms with Crippen molar-refractivity contribution in [2.45, 2.75) is 17.7 Å². The summed E-state index contributed by atoms with van der Waals surface area (Å²) in [5.74, 6) is 0.801. The molecule has 6 nitrogen and oxygen atoms in total. The van der Waals surface area contributed by atoms with Gasteiger partial charge in [-0.15, -0.1) is 0 Å². The first kappa shape index (κ1) is 15.5. The summed E-state index contributed by atoms with van der Waals surface area (Å²) in [4.78, 5) is 6.90. The van der Waals surface area contributed by atoms with E-state index in [1.807, 2.05) is 6.07 Å². The number of halogens is 1. The van der Waals surface area contributed by atoms with Crippen molar-refractivity contribution in [1.29, 1.82) is 5.26 Å². The molecular formula is C13H13ClN4O2S. The second-order valence-electron chi connectivity index (χ2n) is 4.29.